The van der Waals surface area contributed by atoms with Crippen LogP contribution in [0.5, 0.6) is 0 Å². The Morgan fingerprint density at radius 1 is 1.05 bits per heavy atom. The van der Waals surface area contributed by atoms with Crippen LogP contribution in [0.3, 0.4) is 0 Å². The predicted octanol–water partition coefficient (Wildman–Crippen LogP) is 3.64. The first-order valence-corrected chi connectivity index (χ1v) is 6.89. The van der Waals surface area contributed by atoms with Gasteiger partial charge in [-0.3, -0.25) is 0 Å². The second kappa shape index (κ2) is 5.33. The minimum absolute atomic E-state index is 0.0543. The minimum atomic E-state index is -0.539. The van der Waals surface area contributed by atoms with Gasteiger partial charge in [-0.2, -0.15) is 0 Å². The van der Waals surface area contributed by atoms with Crippen LogP contribution in [0.4, 0.5) is 8.78 Å². The van der Waals surface area contributed by atoms with Gasteiger partial charge in [0.05, 0.1) is 0 Å². The zero-order valence-corrected chi connectivity index (χ0v) is 11.1. The van der Waals surface area contributed by atoms with Crippen LogP contribution in [0.1, 0.15) is 23.5 Å². The summed E-state index contributed by atoms with van der Waals surface area (Å²) in [6.45, 7) is 0. The van der Waals surface area contributed by atoms with Crippen molar-refractivity contribution in [1.29, 1.82) is 0 Å². The molecule has 0 spiro atoms. The molecule has 0 saturated heterocycles. The van der Waals surface area contributed by atoms with E-state index in [4.69, 9.17) is 5.73 Å². The van der Waals surface area contributed by atoms with E-state index in [0.717, 1.165) is 12.5 Å². The van der Waals surface area contributed by atoms with Gasteiger partial charge in [-0.05, 0) is 47.9 Å². The third-order valence-corrected chi connectivity index (χ3v) is 4.01. The fraction of sp³-hybridized carbons (Fsp3) is 0.294. The SMILES string of the molecule is NC(Cc1cc(F)cc(F)c1)C1CC1c1ccccc1. The number of rotatable bonds is 4. The van der Waals surface area contributed by atoms with E-state index in [2.05, 4.69) is 12.1 Å². The molecule has 1 aliphatic carbocycles. The van der Waals surface area contributed by atoms with E-state index in [-0.39, 0.29) is 6.04 Å². The van der Waals surface area contributed by atoms with Crippen LogP contribution < -0.4 is 5.73 Å². The topological polar surface area (TPSA) is 26.0 Å². The fourth-order valence-electron chi connectivity index (χ4n) is 2.92. The van der Waals surface area contributed by atoms with Gasteiger partial charge in [0.1, 0.15) is 11.6 Å². The lowest BCUT2D eigenvalue weighted by Crippen LogP contribution is -2.26. The summed E-state index contributed by atoms with van der Waals surface area (Å²) in [6, 6.07) is 13.8. The molecule has 0 amide bonds. The Kier molecular flexibility index (Phi) is 3.53. The van der Waals surface area contributed by atoms with Gasteiger partial charge in [0.25, 0.3) is 0 Å². The van der Waals surface area contributed by atoms with Gasteiger partial charge >= 0.3 is 0 Å². The molecule has 0 heterocycles. The van der Waals surface area contributed by atoms with Gasteiger partial charge in [-0.15, -0.1) is 0 Å². The smallest absolute Gasteiger partial charge is 0.126 e. The molecular weight excluding hydrogens is 256 g/mol. The molecule has 2 aromatic rings. The Labute approximate surface area is 117 Å². The highest BCUT2D eigenvalue weighted by Gasteiger charge is 2.42. The maximum atomic E-state index is 13.2. The van der Waals surface area contributed by atoms with Crippen molar-refractivity contribution in [3.8, 4) is 0 Å². The van der Waals surface area contributed by atoms with E-state index in [9.17, 15) is 8.78 Å². The van der Waals surface area contributed by atoms with E-state index in [1.807, 2.05) is 18.2 Å². The van der Waals surface area contributed by atoms with E-state index < -0.39 is 11.6 Å². The minimum Gasteiger partial charge on any atom is -0.327 e. The lowest BCUT2D eigenvalue weighted by Gasteiger charge is -2.12. The molecule has 0 aliphatic heterocycles. The molecule has 104 valence electrons. The first kappa shape index (κ1) is 13.3. The molecule has 3 rings (SSSR count). The monoisotopic (exact) mass is 273 g/mol. The van der Waals surface area contributed by atoms with Gasteiger partial charge in [0, 0.05) is 12.1 Å². The molecule has 20 heavy (non-hydrogen) atoms. The number of hydrogen-bond acceptors (Lipinski definition) is 1. The zero-order chi connectivity index (χ0) is 14.1. The van der Waals surface area contributed by atoms with E-state index >= 15 is 0 Å². The lowest BCUT2D eigenvalue weighted by atomic mass is 9.99. The average molecular weight is 273 g/mol. The summed E-state index contributed by atoms with van der Waals surface area (Å²) >= 11 is 0. The Balaban J connectivity index is 1.65. The summed E-state index contributed by atoms with van der Waals surface area (Å²) in [5.41, 5.74) is 8.13. The molecule has 1 aliphatic rings. The number of halogens is 2. The Hall–Kier alpha value is -1.74. The summed E-state index contributed by atoms with van der Waals surface area (Å²) in [7, 11) is 0. The van der Waals surface area contributed by atoms with Crippen molar-refractivity contribution < 1.29 is 8.78 Å². The molecular formula is C17H17F2N. The van der Waals surface area contributed by atoms with Crippen molar-refractivity contribution in [2.45, 2.75) is 24.8 Å². The van der Waals surface area contributed by atoms with Crippen LogP contribution in [-0.4, -0.2) is 6.04 Å². The highest BCUT2D eigenvalue weighted by molar-refractivity contribution is 5.28. The largest absolute Gasteiger partial charge is 0.327 e. The summed E-state index contributed by atoms with van der Waals surface area (Å²) in [5, 5.41) is 0. The molecule has 3 atom stereocenters. The van der Waals surface area contributed by atoms with Gasteiger partial charge in [0.15, 0.2) is 0 Å². The normalized spacial score (nSPS) is 22.6. The van der Waals surface area contributed by atoms with Crippen molar-refractivity contribution in [2.75, 3.05) is 0 Å². The van der Waals surface area contributed by atoms with Gasteiger partial charge in [0.2, 0.25) is 0 Å². The molecule has 1 saturated carbocycles. The fourth-order valence-corrected chi connectivity index (χ4v) is 2.92. The second-order valence-corrected chi connectivity index (χ2v) is 5.56. The third kappa shape index (κ3) is 2.88. The maximum absolute atomic E-state index is 13.2. The zero-order valence-electron chi connectivity index (χ0n) is 11.1. The van der Waals surface area contributed by atoms with Crippen LogP contribution >= 0.6 is 0 Å². The van der Waals surface area contributed by atoms with Gasteiger partial charge in [-0.25, -0.2) is 8.78 Å². The summed E-state index contributed by atoms with van der Waals surface area (Å²) in [6.07, 6.45) is 1.58. The van der Waals surface area contributed by atoms with E-state index in [1.54, 1.807) is 0 Å². The lowest BCUT2D eigenvalue weighted by molar-refractivity contribution is 0.556. The van der Waals surface area contributed by atoms with Crippen LogP contribution in [-0.2, 0) is 6.42 Å². The van der Waals surface area contributed by atoms with Crippen molar-refractivity contribution in [1.82, 2.24) is 0 Å². The van der Waals surface area contributed by atoms with Crippen LogP contribution in [0.2, 0.25) is 0 Å². The first-order valence-electron chi connectivity index (χ1n) is 6.89. The van der Waals surface area contributed by atoms with E-state index in [1.165, 1.54) is 17.7 Å². The molecule has 2 aromatic carbocycles. The Morgan fingerprint density at radius 2 is 1.70 bits per heavy atom. The third-order valence-electron chi connectivity index (χ3n) is 4.01. The quantitative estimate of drug-likeness (QED) is 0.904. The average Bonchev–Trinajstić information content (AvgIpc) is 3.18. The highest BCUT2D eigenvalue weighted by atomic mass is 19.1. The summed E-state index contributed by atoms with van der Waals surface area (Å²) in [4.78, 5) is 0. The van der Waals surface area contributed by atoms with Crippen LogP contribution in [0.15, 0.2) is 48.5 Å². The molecule has 0 aromatic heterocycles. The Morgan fingerprint density at radius 3 is 2.35 bits per heavy atom. The predicted molar refractivity (Wildman–Crippen MR) is 75.3 cm³/mol. The molecule has 2 N–H and O–H groups in total. The number of hydrogen-bond donors (Lipinski definition) is 1. The van der Waals surface area contributed by atoms with Crippen molar-refractivity contribution in [3.05, 3.63) is 71.3 Å². The molecule has 1 nitrogen and oxygen atoms in total. The number of nitrogens with two attached hydrogens (primary N) is 1. The Bertz CT molecular complexity index is 577. The molecule has 1 fully saturated rings. The molecule has 0 radical (unpaired) electrons. The highest BCUT2D eigenvalue weighted by Crippen LogP contribution is 2.49. The second-order valence-electron chi connectivity index (χ2n) is 5.56. The standard InChI is InChI=1S/C17H17F2N/c18-13-6-11(7-14(19)9-13)8-17(20)16-10-15(16)12-4-2-1-3-5-12/h1-7,9,15-17H,8,10,20H2. The van der Waals surface area contributed by atoms with E-state index in [0.29, 0.717) is 23.8 Å². The van der Waals surface area contributed by atoms with Crippen molar-refractivity contribution in [3.63, 3.8) is 0 Å². The molecule has 3 unspecified atom stereocenters. The van der Waals surface area contributed by atoms with Gasteiger partial charge < -0.3 is 5.73 Å². The molecule has 3 heteroatoms. The van der Waals surface area contributed by atoms with Crippen LogP contribution in [0, 0.1) is 17.6 Å². The maximum Gasteiger partial charge on any atom is 0.126 e. The summed E-state index contributed by atoms with van der Waals surface area (Å²) < 4.78 is 26.3. The van der Waals surface area contributed by atoms with Gasteiger partial charge in [-0.1, -0.05) is 30.3 Å². The summed E-state index contributed by atoms with van der Waals surface area (Å²) in [5.74, 6) is -0.182. The molecule has 0 bridgehead atoms. The van der Waals surface area contributed by atoms with Crippen molar-refractivity contribution >= 4 is 0 Å². The van der Waals surface area contributed by atoms with Crippen molar-refractivity contribution in [2.24, 2.45) is 11.7 Å². The first-order chi connectivity index (χ1) is 9.63. The number of benzene rings is 2. The van der Waals surface area contributed by atoms with Crippen LogP contribution in [0.25, 0.3) is 0 Å².